The Bertz CT molecular complexity index is 549. The SMILES string of the molecule is Cc1cc(C(O)Cc2ccc(F)cc2Br)sc1Br. The molecule has 96 valence electrons. The lowest BCUT2D eigenvalue weighted by Gasteiger charge is -2.10. The maximum Gasteiger partial charge on any atom is 0.124 e. The van der Waals surface area contributed by atoms with Gasteiger partial charge in [0.2, 0.25) is 0 Å². The first-order valence-electron chi connectivity index (χ1n) is 5.35. The largest absolute Gasteiger partial charge is 0.387 e. The van der Waals surface area contributed by atoms with E-state index in [0.29, 0.717) is 10.9 Å². The standard InChI is InChI=1S/C13H11Br2FOS/c1-7-4-12(18-13(7)15)11(17)5-8-2-3-9(16)6-10(8)14/h2-4,6,11,17H,5H2,1H3. The number of aryl methyl sites for hydroxylation is 1. The molecule has 5 heteroatoms. The minimum atomic E-state index is -0.568. The summed E-state index contributed by atoms with van der Waals surface area (Å²) in [5, 5.41) is 10.2. The van der Waals surface area contributed by atoms with Crippen molar-refractivity contribution in [2.75, 3.05) is 0 Å². The van der Waals surface area contributed by atoms with E-state index in [2.05, 4.69) is 31.9 Å². The summed E-state index contributed by atoms with van der Waals surface area (Å²) in [6, 6.07) is 6.48. The summed E-state index contributed by atoms with van der Waals surface area (Å²) in [5.74, 6) is -0.283. The molecule has 0 aliphatic carbocycles. The van der Waals surface area contributed by atoms with E-state index in [9.17, 15) is 9.50 Å². The van der Waals surface area contributed by atoms with Crippen LogP contribution in [-0.4, -0.2) is 5.11 Å². The Morgan fingerprint density at radius 3 is 2.61 bits per heavy atom. The van der Waals surface area contributed by atoms with Crippen molar-refractivity contribution in [1.82, 2.24) is 0 Å². The Morgan fingerprint density at radius 1 is 1.33 bits per heavy atom. The van der Waals surface area contributed by atoms with E-state index < -0.39 is 6.10 Å². The van der Waals surface area contributed by atoms with Crippen LogP contribution in [0.4, 0.5) is 4.39 Å². The third-order valence-corrected chi connectivity index (χ3v) is 5.61. The topological polar surface area (TPSA) is 20.2 Å². The molecule has 2 rings (SSSR count). The molecule has 0 saturated carbocycles. The van der Waals surface area contributed by atoms with E-state index in [1.807, 2.05) is 13.0 Å². The normalized spacial score (nSPS) is 12.7. The molecule has 1 aromatic heterocycles. The fourth-order valence-corrected chi connectivity index (χ4v) is 3.71. The number of thiophene rings is 1. The molecule has 1 unspecified atom stereocenters. The molecule has 0 aliphatic rings. The maximum absolute atomic E-state index is 13.0. The molecule has 1 N–H and O–H groups in total. The zero-order chi connectivity index (χ0) is 13.3. The van der Waals surface area contributed by atoms with Crippen LogP contribution >= 0.6 is 43.2 Å². The summed E-state index contributed by atoms with van der Waals surface area (Å²) in [5.41, 5.74) is 2.01. The molecule has 0 aliphatic heterocycles. The van der Waals surface area contributed by atoms with E-state index >= 15 is 0 Å². The Balaban J connectivity index is 2.18. The van der Waals surface area contributed by atoms with Crippen LogP contribution in [0.1, 0.15) is 22.1 Å². The highest BCUT2D eigenvalue weighted by Gasteiger charge is 2.14. The molecule has 2 aromatic rings. The predicted octanol–water partition coefficient (Wildman–Crippen LogP) is 5.00. The van der Waals surface area contributed by atoms with Gasteiger partial charge in [0, 0.05) is 15.8 Å². The number of hydrogen-bond donors (Lipinski definition) is 1. The minimum absolute atomic E-state index is 0.283. The fourth-order valence-electron chi connectivity index (χ4n) is 1.64. The van der Waals surface area contributed by atoms with E-state index in [1.54, 1.807) is 6.07 Å². The van der Waals surface area contributed by atoms with Gasteiger partial charge >= 0.3 is 0 Å². The third kappa shape index (κ3) is 3.20. The Hall–Kier alpha value is -0.230. The zero-order valence-electron chi connectivity index (χ0n) is 9.58. The van der Waals surface area contributed by atoms with Crippen LogP contribution in [0, 0.1) is 12.7 Å². The molecule has 18 heavy (non-hydrogen) atoms. The van der Waals surface area contributed by atoms with Crippen LogP contribution in [0.3, 0.4) is 0 Å². The quantitative estimate of drug-likeness (QED) is 0.778. The molecular weight excluding hydrogens is 383 g/mol. The van der Waals surface area contributed by atoms with Crippen LogP contribution in [0.25, 0.3) is 0 Å². The molecule has 1 heterocycles. The van der Waals surface area contributed by atoms with Crippen LogP contribution in [0.5, 0.6) is 0 Å². The molecule has 0 saturated heterocycles. The van der Waals surface area contributed by atoms with Gasteiger partial charge in [-0.1, -0.05) is 22.0 Å². The van der Waals surface area contributed by atoms with Gasteiger partial charge < -0.3 is 5.11 Å². The first-order valence-corrected chi connectivity index (χ1v) is 7.75. The number of benzene rings is 1. The Kier molecular flexibility index (Phi) is 4.59. The lowest BCUT2D eigenvalue weighted by molar-refractivity contribution is 0.182. The average molecular weight is 394 g/mol. The number of halogens is 3. The summed E-state index contributed by atoms with van der Waals surface area (Å²) in [6.07, 6.45) is -0.102. The van der Waals surface area contributed by atoms with Gasteiger partial charge in [0.25, 0.3) is 0 Å². The van der Waals surface area contributed by atoms with Gasteiger partial charge in [0.05, 0.1) is 9.89 Å². The summed E-state index contributed by atoms with van der Waals surface area (Å²) in [7, 11) is 0. The van der Waals surface area contributed by atoms with Crippen molar-refractivity contribution < 1.29 is 9.50 Å². The molecule has 0 amide bonds. The third-order valence-electron chi connectivity index (χ3n) is 2.63. The number of aliphatic hydroxyl groups is 1. The van der Waals surface area contributed by atoms with E-state index in [4.69, 9.17) is 0 Å². The highest BCUT2D eigenvalue weighted by molar-refractivity contribution is 9.11. The molecule has 0 radical (unpaired) electrons. The number of aliphatic hydroxyl groups excluding tert-OH is 1. The van der Waals surface area contributed by atoms with E-state index in [0.717, 1.165) is 19.8 Å². The Labute approximate surface area is 126 Å². The van der Waals surface area contributed by atoms with Crippen molar-refractivity contribution in [2.24, 2.45) is 0 Å². The van der Waals surface area contributed by atoms with Crippen LogP contribution in [0.2, 0.25) is 0 Å². The minimum Gasteiger partial charge on any atom is -0.387 e. The smallest absolute Gasteiger partial charge is 0.124 e. The van der Waals surface area contributed by atoms with Crippen LogP contribution in [-0.2, 0) is 6.42 Å². The second kappa shape index (κ2) is 5.82. The monoisotopic (exact) mass is 392 g/mol. The molecule has 0 bridgehead atoms. The second-order valence-electron chi connectivity index (χ2n) is 4.06. The summed E-state index contributed by atoms with van der Waals surface area (Å²) >= 11 is 8.28. The molecule has 1 nitrogen and oxygen atoms in total. The van der Waals surface area contributed by atoms with Gasteiger partial charge in [-0.15, -0.1) is 11.3 Å². The van der Waals surface area contributed by atoms with E-state index in [1.165, 1.54) is 23.5 Å². The van der Waals surface area contributed by atoms with Gasteiger partial charge in [-0.05, 0) is 52.2 Å². The van der Waals surface area contributed by atoms with Gasteiger partial charge in [0.15, 0.2) is 0 Å². The van der Waals surface area contributed by atoms with Crippen molar-refractivity contribution in [2.45, 2.75) is 19.4 Å². The lowest BCUT2D eigenvalue weighted by Crippen LogP contribution is -2.00. The maximum atomic E-state index is 13.0. The number of rotatable bonds is 3. The van der Waals surface area contributed by atoms with Crippen molar-refractivity contribution in [3.8, 4) is 0 Å². The fraction of sp³-hybridized carbons (Fsp3) is 0.231. The molecule has 0 spiro atoms. The molecule has 1 atom stereocenters. The van der Waals surface area contributed by atoms with Crippen molar-refractivity contribution >= 4 is 43.2 Å². The van der Waals surface area contributed by atoms with E-state index in [-0.39, 0.29) is 5.82 Å². The van der Waals surface area contributed by atoms with Gasteiger partial charge in [0.1, 0.15) is 5.82 Å². The lowest BCUT2D eigenvalue weighted by atomic mass is 10.1. The van der Waals surface area contributed by atoms with Crippen LogP contribution < -0.4 is 0 Å². The van der Waals surface area contributed by atoms with Crippen molar-refractivity contribution in [3.63, 3.8) is 0 Å². The summed E-state index contributed by atoms with van der Waals surface area (Å²) in [6.45, 7) is 1.99. The molecule has 0 fully saturated rings. The summed E-state index contributed by atoms with van der Waals surface area (Å²) < 4.78 is 14.7. The first-order chi connectivity index (χ1) is 8.47. The highest BCUT2D eigenvalue weighted by atomic mass is 79.9. The number of hydrogen-bond acceptors (Lipinski definition) is 2. The van der Waals surface area contributed by atoms with Crippen LogP contribution in [0.15, 0.2) is 32.5 Å². The van der Waals surface area contributed by atoms with Crippen molar-refractivity contribution in [3.05, 3.63) is 54.3 Å². The van der Waals surface area contributed by atoms with Crippen molar-refractivity contribution in [1.29, 1.82) is 0 Å². The molecule has 1 aromatic carbocycles. The average Bonchev–Trinajstić information content (AvgIpc) is 2.63. The van der Waals surface area contributed by atoms with Gasteiger partial charge in [-0.3, -0.25) is 0 Å². The van der Waals surface area contributed by atoms with Gasteiger partial charge in [-0.2, -0.15) is 0 Å². The summed E-state index contributed by atoms with van der Waals surface area (Å²) in [4.78, 5) is 0.913. The second-order valence-corrected chi connectivity index (χ2v) is 7.32. The zero-order valence-corrected chi connectivity index (χ0v) is 13.6. The molecular formula is C13H11Br2FOS. The Morgan fingerprint density at radius 2 is 2.06 bits per heavy atom. The predicted molar refractivity (Wildman–Crippen MR) is 79.5 cm³/mol. The highest BCUT2D eigenvalue weighted by Crippen LogP contribution is 2.33. The van der Waals surface area contributed by atoms with Gasteiger partial charge in [-0.25, -0.2) is 4.39 Å². The first kappa shape index (κ1) is 14.2.